The number of furan rings is 1. The van der Waals surface area contributed by atoms with E-state index in [1.807, 2.05) is 33.0 Å². The van der Waals surface area contributed by atoms with E-state index in [9.17, 15) is 0 Å². The van der Waals surface area contributed by atoms with Crippen molar-refractivity contribution >= 4 is 0 Å². The lowest BCUT2D eigenvalue weighted by Gasteiger charge is -1.98. The predicted molar refractivity (Wildman–Crippen MR) is 63.9 cm³/mol. The maximum Gasteiger partial charge on any atom is 0.233 e. The van der Waals surface area contributed by atoms with Gasteiger partial charge in [-0.25, -0.2) is 0 Å². The lowest BCUT2D eigenvalue weighted by atomic mass is 10.2. The number of aryl methyl sites for hydroxylation is 2. The second kappa shape index (κ2) is 5.05. The topological polar surface area (TPSA) is 63.1 Å². The highest BCUT2D eigenvalue weighted by Gasteiger charge is 2.08. The van der Waals surface area contributed by atoms with Gasteiger partial charge < -0.3 is 14.5 Å². The smallest absolute Gasteiger partial charge is 0.233 e. The summed E-state index contributed by atoms with van der Waals surface area (Å²) in [6.07, 6.45) is 0. The molecular weight excluding hydrogens is 218 g/mol. The molecule has 2 heterocycles. The van der Waals surface area contributed by atoms with Crippen molar-refractivity contribution in [1.82, 2.24) is 15.5 Å². The van der Waals surface area contributed by atoms with E-state index in [0.717, 1.165) is 29.3 Å². The summed E-state index contributed by atoms with van der Waals surface area (Å²) in [7, 11) is 1.91. The zero-order valence-corrected chi connectivity index (χ0v) is 10.3. The second-order valence-electron chi connectivity index (χ2n) is 4.00. The van der Waals surface area contributed by atoms with Crippen LogP contribution in [0.3, 0.4) is 0 Å². The number of rotatable bonds is 5. The molecule has 0 atom stereocenters. The van der Waals surface area contributed by atoms with Gasteiger partial charge in [-0.15, -0.1) is 5.10 Å². The quantitative estimate of drug-likeness (QED) is 0.831. The van der Waals surface area contributed by atoms with Gasteiger partial charge in [0.05, 0.1) is 0 Å². The summed E-state index contributed by atoms with van der Waals surface area (Å²) in [5.74, 6) is 2.33. The Morgan fingerprint density at radius 3 is 2.88 bits per heavy atom. The van der Waals surface area contributed by atoms with Gasteiger partial charge in [-0.3, -0.25) is 5.10 Å². The Hall–Kier alpha value is -1.75. The average molecular weight is 235 g/mol. The van der Waals surface area contributed by atoms with E-state index in [1.54, 1.807) is 0 Å². The van der Waals surface area contributed by atoms with E-state index in [4.69, 9.17) is 9.15 Å². The fraction of sp³-hybridized carbons (Fsp3) is 0.417. The van der Waals surface area contributed by atoms with Crippen LogP contribution in [0.15, 0.2) is 16.5 Å². The number of ether oxygens (including phenoxy) is 1. The molecule has 92 valence electrons. The minimum Gasteiger partial charge on any atom is -0.468 e. The van der Waals surface area contributed by atoms with E-state index >= 15 is 0 Å². The van der Waals surface area contributed by atoms with E-state index in [-0.39, 0.29) is 0 Å². The summed E-state index contributed by atoms with van der Waals surface area (Å²) in [5.41, 5.74) is 2.14. The number of hydrogen-bond acceptors (Lipinski definition) is 4. The molecule has 0 aliphatic carbocycles. The molecule has 0 amide bonds. The first-order valence-electron chi connectivity index (χ1n) is 5.56. The van der Waals surface area contributed by atoms with Crippen LogP contribution in [-0.4, -0.2) is 17.2 Å². The highest BCUT2D eigenvalue weighted by molar-refractivity contribution is 5.21. The molecule has 0 radical (unpaired) electrons. The summed E-state index contributed by atoms with van der Waals surface area (Å²) in [4.78, 5) is 0. The fourth-order valence-electron chi connectivity index (χ4n) is 1.64. The normalized spacial score (nSPS) is 10.8. The fourth-order valence-corrected chi connectivity index (χ4v) is 1.64. The zero-order valence-electron chi connectivity index (χ0n) is 10.3. The van der Waals surface area contributed by atoms with Crippen LogP contribution in [-0.2, 0) is 13.2 Å². The maximum absolute atomic E-state index is 5.59. The Balaban J connectivity index is 1.97. The van der Waals surface area contributed by atoms with Crippen molar-refractivity contribution in [2.75, 3.05) is 7.05 Å². The molecular formula is C12H17N3O2. The number of H-pyrrole nitrogens is 1. The molecule has 0 aliphatic heterocycles. The van der Waals surface area contributed by atoms with Crippen LogP contribution >= 0.6 is 0 Å². The first-order chi connectivity index (χ1) is 8.19. The molecule has 0 aromatic carbocycles. The van der Waals surface area contributed by atoms with Crippen molar-refractivity contribution in [1.29, 1.82) is 0 Å². The minimum atomic E-state index is 0.398. The van der Waals surface area contributed by atoms with Crippen LogP contribution in [0.1, 0.15) is 22.8 Å². The largest absolute Gasteiger partial charge is 0.468 e. The molecule has 5 nitrogen and oxygen atoms in total. The molecule has 0 spiro atoms. The molecule has 0 unspecified atom stereocenters. The van der Waals surface area contributed by atoms with E-state index in [1.165, 1.54) is 0 Å². The van der Waals surface area contributed by atoms with Gasteiger partial charge in [0.1, 0.15) is 18.1 Å². The number of nitrogens with zero attached hydrogens (tertiary/aromatic N) is 1. The first-order valence-corrected chi connectivity index (χ1v) is 5.56. The number of aromatic amines is 1. The van der Waals surface area contributed by atoms with Gasteiger partial charge in [0.15, 0.2) is 0 Å². The minimum absolute atomic E-state index is 0.398. The number of nitrogens with one attached hydrogen (secondary N) is 2. The van der Waals surface area contributed by atoms with Crippen LogP contribution in [0.2, 0.25) is 0 Å². The SMILES string of the molecule is CNCc1cc(COc2cc(C)[nH]n2)oc1C. The number of hydrogen-bond donors (Lipinski definition) is 2. The molecule has 2 aromatic heterocycles. The van der Waals surface area contributed by atoms with Gasteiger partial charge in [0, 0.05) is 23.9 Å². The molecule has 2 N–H and O–H groups in total. The average Bonchev–Trinajstić information content (AvgIpc) is 2.84. The van der Waals surface area contributed by atoms with Gasteiger partial charge in [-0.2, -0.15) is 0 Å². The first kappa shape index (κ1) is 11.7. The van der Waals surface area contributed by atoms with Crippen molar-refractivity contribution in [3.05, 3.63) is 34.9 Å². The van der Waals surface area contributed by atoms with Crippen molar-refractivity contribution in [2.24, 2.45) is 0 Å². The Kier molecular flexibility index (Phi) is 3.49. The lowest BCUT2D eigenvalue weighted by molar-refractivity contribution is 0.258. The summed E-state index contributed by atoms with van der Waals surface area (Å²) in [6, 6.07) is 3.86. The van der Waals surface area contributed by atoms with Crippen molar-refractivity contribution < 1.29 is 9.15 Å². The highest BCUT2D eigenvalue weighted by Crippen LogP contribution is 2.16. The summed E-state index contributed by atoms with van der Waals surface area (Å²) >= 11 is 0. The van der Waals surface area contributed by atoms with Crippen LogP contribution in [0, 0.1) is 13.8 Å². The van der Waals surface area contributed by atoms with Gasteiger partial charge in [-0.1, -0.05) is 0 Å². The summed E-state index contributed by atoms with van der Waals surface area (Å²) in [5, 5.41) is 9.92. The maximum atomic E-state index is 5.59. The Labute approximate surface area is 100 Å². The molecule has 0 fully saturated rings. The molecule has 2 aromatic rings. The van der Waals surface area contributed by atoms with Gasteiger partial charge in [-0.05, 0) is 27.0 Å². The highest BCUT2D eigenvalue weighted by atomic mass is 16.5. The molecule has 0 saturated heterocycles. The molecule has 17 heavy (non-hydrogen) atoms. The molecule has 0 bridgehead atoms. The molecule has 5 heteroatoms. The third-order valence-corrected chi connectivity index (χ3v) is 2.48. The number of aromatic nitrogens is 2. The van der Waals surface area contributed by atoms with E-state index < -0.39 is 0 Å². The van der Waals surface area contributed by atoms with Crippen LogP contribution in [0.4, 0.5) is 0 Å². The van der Waals surface area contributed by atoms with Gasteiger partial charge in [0.25, 0.3) is 0 Å². The van der Waals surface area contributed by atoms with E-state index in [2.05, 4.69) is 15.5 Å². The summed E-state index contributed by atoms with van der Waals surface area (Å²) < 4.78 is 11.1. The standard InChI is InChI=1S/C12H17N3O2/c1-8-4-12(15-14-8)16-7-11-5-10(6-13-3)9(2)17-11/h4-5,13H,6-7H2,1-3H3,(H,14,15). The van der Waals surface area contributed by atoms with Crippen molar-refractivity contribution in [3.63, 3.8) is 0 Å². The molecule has 2 rings (SSSR count). The third kappa shape index (κ3) is 2.88. The molecule has 0 saturated carbocycles. The van der Waals surface area contributed by atoms with Crippen molar-refractivity contribution in [3.8, 4) is 5.88 Å². The molecule has 0 aliphatic rings. The van der Waals surface area contributed by atoms with Crippen molar-refractivity contribution in [2.45, 2.75) is 27.0 Å². The Morgan fingerprint density at radius 2 is 2.24 bits per heavy atom. The Bertz CT molecular complexity index is 488. The van der Waals surface area contributed by atoms with Crippen LogP contribution < -0.4 is 10.1 Å². The summed E-state index contributed by atoms with van der Waals surface area (Å²) in [6.45, 7) is 5.09. The van der Waals surface area contributed by atoms with Crippen LogP contribution in [0.25, 0.3) is 0 Å². The predicted octanol–water partition coefficient (Wildman–Crippen LogP) is 1.92. The Morgan fingerprint density at radius 1 is 1.41 bits per heavy atom. The van der Waals surface area contributed by atoms with Gasteiger partial charge >= 0.3 is 0 Å². The second-order valence-corrected chi connectivity index (χ2v) is 4.00. The zero-order chi connectivity index (χ0) is 12.3. The van der Waals surface area contributed by atoms with E-state index in [0.29, 0.717) is 12.5 Å². The van der Waals surface area contributed by atoms with Gasteiger partial charge in [0.2, 0.25) is 5.88 Å². The monoisotopic (exact) mass is 235 g/mol. The third-order valence-electron chi connectivity index (χ3n) is 2.48. The van der Waals surface area contributed by atoms with Crippen LogP contribution in [0.5, 0.6) is 5.88 Å². The lowest BCUT2D eigenvalue weighted by Crippen LogP contribution is -2.04.